The minimum absolute atomic E-state index is 0.0963. The summed E-state index contributed by atoms with van der Waals surface area (Å²) in [6.07, 6.45) is 0. The quantitative estimate of drug-likeness (QED) is 0.566. The van der Waals surface area contributed by atoms with E-state index >= 15 is 0 Å². The average Bonchev–Trinajstić information content (AvgIpc) is 2.51. The summed E-state index contributed by atoms with van der Waals surface area (Å²) >= 11 is 4.63. The molecule has 0 aliphatic rings. The van der Waals surface area contributed by atoms with Crippen molar-refractivity contribution in [3.8, 4) is 0 Å². The highest BCUT2D eigenvalue weighted by molar-refractivity contribution is 9.10. The Morgan fingerprint density at radius 2 is 2.12 bits per heavy atom. The molecule has 0 fully saturated rings. The van der Waals surface area contributed by atoms with Crippen LogP contribution in [0, 0.1) is 0 Å². The molecular weight excluding hydrogens is 406 g/mol. The van der Waals surface area contributed by atoms with Crippen LogP contribution < -0.4 is 10.9 Å². The molecule has 0 bridgehead atoms. The van der Waals surface area contributed by atoms with Gasteiger partial charge in [0.05, 0.1) is 29.8 Å². The van der Waals surface area contributed by atoms with Gasteiger partial charge in [-0.2, -0.15) is 0 Å². The molecule has 1 amide bonds. The van der Waals surface area contributed by atoms with Gasteiger partial charge < -0.3 is 10.1 Å². The highest BCUT2D eigenvalue weighted by Gasteiger charge is 2.16. The summed E-state index contributed by atoms with van der Waals surface area (Å²) in [5.74, 6) is 0.0968. The highest BCUT2D eigenvalue weighted by atomic mass is 79.9. The summed E-state index contributed by atoms with van der Waals surface area (Å²) in [6.45, 7) is 6.56. The van der Waals surface area contributed by atoms with E-state index in [1.807, 2.05) is 26.8 Å². The van der Waals surface area contributed by atoms with E-state index in [0.717, 1.165) is 4.47 Å². The van der Waals surface area contributed by atoms with Gasteiger partial charge in [0.1, 0.15) is 0 Å². The van der Waals surface area contributed by atoms with Gasteiger partial charge in [0, 0.05) is 17.1 Å². The number of thioether (sulfide) groups is 1. The second-order valence-electron chi connectivity index (χ2n) is 6.59. The molecule has 1 heterocycles. The van der Waals surface area contributed by atoms with Crippen molar-refractivity contribution in [2.75, 3.05) is 19.5 Å². The maximum absolute atomic E-state index is 12.8. The third kappa shape index (κ3) is 5.55. The Kier molecular flexibility index (Phi) is 6.65. The van der Waals surface area contributed by atoms with E-state index in [0.29, 0.717) is 29.2 Å². The molecule has 25 heavy (non-hydrogen) atoms. The lowest BCUT2D eigenvalue weighted by atomic mass is 10.1. The van der Waals surface area contributed by atoms with Crippen LogP contribution in [0.15, 0.2) is 32.6 Å². The lowest BCUT2D eigenvalue weighted by Crippen LogP contribution is -2.41. The highest BCUT2D eigenvalue weighted by Crippen LogP contribution is 2.20. The van der Waals surface area contributed by atoms with Gasteiger partial charge in [0.2, 0.25) is 5.91 Å². The van der Waals surface area contributed by atoms with Crippen LogP contribution in [0.2, 0.25) is 0 Å². The molecule has 2 aromatic rings. The number of aromatic nitrogens is 2. The Morgan fingerprint density at radius 1 is 1.40 bits per heavy atom. The Balaban J connectivity index is 2.35. The first-order valence-corrected chi connectivity index (χ1v) is 9.62. The van der Waals surface area contributed by atoms with E-state index in [2.05, 4.69) is 26.2 Å². The number of hydrogen-bond donors (Lipinski definition) is 1. The summed E-state index contributed by atoms with van der Waals surface area (Å²) in [7, 11) is 1.58. The van der Waals surface area contributed by atoms with E-state index in [4.69, 9.17) is 4.74 Å². The summed E-state index contributed by atoms with van der Waals surface area (Å²) in [4.78, 5) is 29.5. The molecule has 0 aliphatic carbocycles. The number of nitrogens with zero attached hydrogens (tertiary/aromatic N) is 2. The number of benzene rings is 1. The van der Waals surface area contributed by atoms with Crippen LogP contribution in [0.25, 0.3) is 10.9 Å². The standard InChI is InChI=1S/C17H22BrN3O3S/c1-17(2,3)20-14(22)10-25-16-19-13-6-5-11(18)9-12(13)15(23)21(16)7-8-24-4/h5-6,9H,7-8,10H2,1-4H3,(H,20,22). The number of fused-ring (bicyclic) bond motifs is 1. The Hall–Kier alpha value is -1.38. The van der Waals surface area contributed by atoms with Crippen molar-refractivity contribution in [3.05, 3.63) is 33.0 Å². The number of hydrogen-bond acceptors (Lipinski definition) is 5. The number of amides is 1. The van der Waals surface area contributed by atoms with Gasteiger partial charge in [-0.3, -0.25) is 14.2 Å². The first-order chi connectivity index (χ1) is 11.7. The maximum Gasteiger partial charge on any atom is 0.262 e. The van der Waals surface area contributed by atoms with E-state index < -0.39 is 0 Å². The molecule has 1 aromatic carbocycles. The van der Waals surface area contributed by atoms with Gasteiger partial charge in [-0.1, -0.05) is 27.7 Å². The third-order valence-electron chi connectivity index (χ3n) is 3.25. The molecule has 0 saturated heterocycles. The molecule has 0 aliphatic heterocycles. The molecule has 0 unspecified atom stereocenters. The summed E-state index contributed by atoms with van der Waals surface area (Å²) in [5.41, 5.74) is 0.180. The van der Waals surface area contributed by atoms with Crippen LogP contribution >= 0.6 is 27.7 Å². The number of rotatable bonds is 6. The number of nitrogens with one attached hydrogen (secondary N) is 1. The zero-order valence-electron chi connectivity index (χ0n) is 14.8. The molecule has 2 rings (SSSR count). The van der Waals surface area contributed by atoms with Crippen LogP contribution in [-0.4, -0.2) is 40.5 Å². The second-order valence-corrected chi connectivity index (χ2v) is 8.45. The van der Waals surface area contributed by atoms with Crippen LogP contribution in [0.4, 0.5) is 0 Å². The van der Waals surface area contributed by atoms with E-state index in [1.54, 1.807) is 23.8 Å². The topological polar surface area (TPSA) is 73.2 Å². The number of methoxy groups -OCH3 is 1. The molecule has 0 saturated carbocycles. The van der Waals surface area contributed by atoms with Crippen molar-refractivity contribution in [2.45, 2.75) is 38.0 Å². The van der Waals surface area contributed by atoms with Crippen LogP contribution in [0.5, 0.6) is 0 Å². The molecule has 0 radical (unpaired) electrons. The van der Waals surface area contributed by atoms with Crippen molar-refractivity contribution in [1.82, 2.24) is 14.9 Å². The lowest BCUT2D eigenvalue weighted by molar-refractivity contribution is -0.119. The smallest absolute Gasteiger partial charge is 0.262 e. The molecule has 0 spiro atoms. The number of carbonyl (C=O) groups excluding carboxylic acids is 1. The van der Waals surface area contributed by atoms with Crippen LogP contribution in [0.1, 0.15) is 20.8 Å². The zero-order chi connectivity index (χ0) is 18.6. The molecule has 6 nitrogen and oxygen atoms in total. The van der Waals surface area contributed by atoms with Gasteiger partial charge in [-0.15, -0.1) is 0 Å². The summed E-state index contributed by atoms with van der Waals surface area (Å²) in [6, 6.07) is 5.39. The first-order valence-electron chi connectivity index (χ1n) is 7.84. The summed E-state index contributed by atoms with van der Waals surface area (Å²) < 4.78 is 7.48. The molecule has 1 N–H and O–H groups in total. The van der Waals surface area contributed by atoms with Gasteiger partial charge in [0.15, 0.2) is 5.16 Å². The fourth-order valence-corrected chi connectivity index (χ4v) is 3.43. The second kappa shape index (κ2) is 8.33. The van der Waals surface area contributed by atoms with Crippen molar-refractivity contribution < 1.29 is 9.53 Å². The average molecular weight is 428 g/mol. The normalized spacial score (nSPS) is 11.7. The fourth-order valence-electron chi connectivity index (χ4n) is 2.25. The predicted molar refractivity (Wildman–Crippen MR) is 104 cm³/mol. The minimum atomic E-state index is -0.295. The van der Waals surface area contributed by atoms with Crippen molar-refractivity contribution >= 4 is 44.5 Å². The third-order valence-corrected chi connectivity index (χ3v) is 4.72. The van der Waals surface area contributed by atoms with E-state index in [9.17, 15) is 9.59 Å². The number of halogens is 1. The Morgan fingerprint density at radius 3 is 2.76 bits per heavy atom. The molecule has 136 valence electrons. The number of carbonyl (C=O) groups is 1. The van der Waals surface area contributed by atoms with Crippen molar-refractivity contribution in [2.24, 2.45) is 0 Å². The first kappa shape index (κ1) is 19.9. The monoisotopic (exact) mass is 427 g/mol. The van der Waals surface area contributed by atoms with Gasteiger partial charge in [-0.05, 0) is 39.0 Å². The Labute approximate surface area is 159 Å². The zero-order valence-corrected chi connectivity index (χ0v) is 17.2. The maximum atomic E-state index is 12.8. The van der Waals surface area contributed by atoms with E-state index in [1.165, 1.54) is 11.8 Å². The van der Waals surface area contributed by atoms with Crippen LogP contribution in [0.3, 0.4) is 0 Å². The van der Waals surface area contributed by atoms with Gasteiger partial charge >= 0.3 is 0 Å². The fraction of sp³-hybridized carbons (Fsp3) is 0.471. The molecule has 1 aromatic heterocycles. The SMILES string of the molecule is COCCn1c(SCC(=O)NC(C)(C)C)nc2ccc(Br)cc2c1=O. The molecule has 8 heteroatoms. The van der Waals surface area contributed by atoms with Crippen molar-refractivity contribution in [3.63, 3.8) is 0 Å². The minimum Gasteiger partial charge on any atom is -0.383 e. The Bertz CT molecular complexity index is 830. The largest absolute Gasteiger partial charge is 0.383 e. The lowest BCUT2D eigenvalue weighted by Gasteiger charge is -2.20. The molecular formula is C17H22BrN3O3S. The van der Waals surface area contributed by atoms with Gasteiger partial charge in [-0.25, -0.2) is 4.98 Å². The van der Waals surface area contributed by atoms with Crippen molar-refractivity contribution in [1.29, 1.82) is 0 Å². The predicted octanol–water partition coefficient (Wildman–Crippen LogP) is 2.81. The molecule has 0 atom stereocenters. The van der Waals surface area contributed by atoms with E-state index in [-0.39, 0.29) is 22.8 Å². The van der Waals surface area contributed by atoms with Crippen LogP contribution in [-0.2, 0) is 16.1 Å². The number of ether oxygens (including phenoxy) is 1. The van der Waals surface area contributed by atoms with Gasteiger partial charge in [0.25, 0.3) is 5.56 Å². The summed E-state index contributed by atoms with van der Waals surface area (Å²) in [5, 5.41) is 3.96.